The van der Waals surface area contributed by atoms with E-state index in [1.54, 1.807) is 17.4 Å². The average molecular weight is 340 g/mol. The van der Waals surface area contributed by atoms with Crippen molar-refractivity contribution in [2.75, 3.05) is 18.4 Å². The third-order valence-corrected chi connectivity index (χ3v) is 5.21. The van der Waals surface area contributed by atoms with E-state index in [2.05, 4.69) is 31.6 Å². The van der Waals surface area contributed by atoms with E-state index in [0.29, 0.717) is 6.04 Å². The van der Waals surface area contributed by atoms with Crippen LogP contribution in [0.25, 0.3) is 22.0 Å². The number of aromatic hydroxyl groups is 1. The van der Waals surface area contributed by atoms with Crippen molar-refractivity contribution < 1.29 is 5.11 Å². The molecule has 3 heterocycles. The Kier molecular flexibility index (Phi) is 4.08. The number of nitrogens with one attached hydrogen (secondary N) is 2. The van der Waals surface area contributed by atoms with Gasteiger partial charge in [0.2, 0.25) is 0 Å². The zero-order valence-corrected chi connectivity index (χ0v) is 14.4. The van der Waals surface area contributed by atoms with Gasteiger partial charge in [-0.05, 0) is 44.0 Å². The summed E-state index contributed by atoms with van der Waals surface area (Å²) in [6.45, 7) is 4.00. The Morgan fingerprint density at radius 2 is 2.12 bits per heavy atom. The smallest absolute Gasteiger partial charge is 0.157 e. The van der Waals surface area contributed by atoms with E-state index < -0.39 is 0 Å². The van der Waals surface area contributed by atoms with Gasteiger partial charge in [-0.1, -0.05) is 6.07 Å². The van der Waals surface area contributed by atoms with Crippen LogP contribution in [0.2, 0.25) is 0 Å². The van der Waals surface area contributed by atoms with Gasteiger partial charge in [0.25, 0.3) is 0 Å². The van der Waals surface area contributed by atoms with Crippen molar-refractivity contribution >= 4 is 27.9 Å². The molecule has 0 radical (unpaired) electrons. The molecule has 3 N–H and O–H groups in total. The monoisotopic (exact) mass is 340 g/mol. The molecule has 1 fully saturated rings. The number of aryl methyl sites for hydroxylation is 1. The average Bonchev–Trinajstić information content (AvgIpc) is 3.07. The van der Waals surface area contributed by atoms with Crippen LogP contribution in [0, 0.1) is 6.92 Å². The second kappa shape index (κ2) is 6.37. The minimum atomic E-state index is 0.244. The lowest BCUT2D eigenvalue weighted by Crippen LogP contribution is -2.38. The Hall–Kier alpha value is -2.18. The summed E-state index contributed by atoms with van der Waals surface area (Å²) in [6.07, 6.45) is 2.31. The molecule has 5 nitrogen and oxygen atoms in total. The SMILES string of the molecule is Cc1ccc(-c2nnc(N[C@@H]3CCCNC3)c3cscc23)c(O)c1. The highest BCUT2D eigenvalue weighted by Gasteiger charge is 2.18. The molecule has 0 spiro atoms. The predicted molar refractivity (Wildman–Crippen MR) is 98.8 cm³/mol. The fourth-order valence-corrected chi connectivity index (χ4v) is 4.00. The van der Waals surface area contributed by atoms with E-state index >= 15 is 0 Å². The number of fused-ring (bicyclic) bond motifs is 1. The fraction of sp³-hybridized carbons (Fsp3) is 0.333. The van der Waals surface area contributed by atoms with E-state index in [-0.39, 0.29) is 5.75 Å². The van der Waals surface area contributed by atoms with Gasteiger partial charge in [-0.15, -0.1) is 10.2 Å². The number of hydrogen-bond donors (Lipinski definition) is 3. The van der Waals surface area contributed by atoms with Crippen LogP contribution < -0.4 is 10.6 Å². The quantitative estimate of drug-likeness (QED) is 0.680. The Morgan fingerprint density at radius 3 is 2.92 bits per heavy atom. The molecule has 0 amide bonds. The second-order valence-corrected chi connectivity index (χ2v) is 7.05. The largest absolute Gasteiger partial charge is 0.507 e. The minimum absolute atomic E-state index is 0.244. The van der Waals surface area contributed by atoms with E-state index in [9.17, 15) is 5.11 Å². The molecule has 0 saturated carbocycles. The summed E-state index contributed by atoms with van der Waals surface area (Å²) < 4.78 is 0. The van der Waals surface area contributed by atoms with Gasteiger partial charge < -0.3 is 15.7 Å². The second-order valence-electron chi connectivity index (χ2n) is 6.30. The third kappa shape index (κ3) is 2.83. The number of piperidine rings is 1. The van der Waals surface area contributed by atoms with Gasteiger partial charge in [-0.3, -0.25) is 0 Å². The van der Waals surface area contributed by atoms with Crippen LogP contribution in [0.5, 0.6) is 5.75 Å². The number of phenols is 1. The maximum atomic E-state index is 10.3. The maximum Gasteiger partial charge on any atom is 0.157 e. The van der Waals surface area contributed by atoms with Gasteiger partial charge in [0.15, 0.2) is 5.82 Å². The predicted octanol–water partition coefficient (Wildman–Crippen LogP) is 3.54. The van der Waals surface area contributed by atoms with Crippen molar-refractivity contribution in [3.63, 3.8) is 0 Å². The van der Waals surface area contributed by atoms with E-state index in [0.717, 1.165) is 52.9 Å². The van der Waals surface area contributed by atoms with E-state index in [1.165, 1.54) is 6.42 Å². The van der Waals surface area contributed by atoms with Crippen LogP contribution in [0.1, 0.15) is 18.4 Å². The third-order valence-electron chi connectivity index (χ3n) is 4.47. The van der Waals surface area contributed by atoms with Crippen LogP contribution in [-0.2, 0) is 0 Å². The van der Waals surface area contributed by atoms with Gasteiger partial charge in [0.05, 0.1) is 0 Å². The van der Waals surface area contributed by atoms with Crippen molar-refractivity contribution in [2.24, 2.45) is 0 Å². The highest BCUT2D eigenvalue weighted by Crippen LogP contribution is 2.36. The normalized spacial score (nSPS) is 18.0. The number of rotatable bonds is 3. The Labute approximate surface area is 144 Å². The lowest BCUT2D eigenvalue weighted by atomic mass is 10.0. The van der Waals surface area contributed by atoms with Crippen molar-refractivity contribution in [3.05, 3.63) is 34.5 Å². The van der Waals surface area contributed by atoms with Crippen molar-refractivity contribution in [1.29, 1.82) is 0 Å². The number of hydrogen-bond acceptors (Lipinski definition) is 6. The zero-order chi connectivity index (χ0) is 16.5. The first kappa shape index (κ1) is 15.4. The fourth-order valence-electron chi connectivity index (χ4n) is 3.19. The van der Waals surface area contributed by atoms with Gasteiger partial charge in [0.1, 0.15) is 11.4 Å². The highest BCUT2D eigenvalue weighted by molar-refractivity contribution is 7.09. The first-order chi connectivity index (χ1) is 11.7. The summed E-state index contributed by atoms with van der Waals surface area (Å²) in [5, 5.41) is 32.3. The maximum absolute atomic E-state index is 10.3. The van der Waals surface area contributed by atoms with Gasteiger partial charge in [0, 0.05) is 39.7 Å². The van der Waals surface area contributed by atoms with Gasteiger partial charge in [-0.2, -0.15) is 11.3 Å². The molecule has 0 bridgehead atoms. The number of nitrogens with zero attached hydrogens (tertiary/aromatic N) is 2. The molecule has 1 aliphatic rings. The summed E-state index contributed by atoms with van der Waals surface area (Å²) >= 11 is 1.63. The molecule has 6 heteroatoms. The Bertz CT molecular complexity index is 871. The summed E-state index contributed by atoms with van der Waals surface area (Å²) in [6, 6.07) is 6.03. The van der Waals surface area contributed by atoms with Crippen molar-refractivity contribution in [2.45, 2.75) is 25.8 Å². The summed E-state index contributed by atoms with van der Waals surface area (Å²) in [5.74, 6) is 1.07. The van der Waals surface area contributed by atoms with Crippen LogP contribution in [0.3, 0.4) is 0 Å². The van der Waals surface area contributed by atoms with Crippen LogP contribution in [-0.4, -0.2) is 34.4 Å². The first-order valence-corrected chi connectivity index (χ1v) is 9.16. The molecule has 0 unspecified atom stereocenters. The van der Waals surface area contributed by atoms with E-state index in [4.69, 9.17) is 0 Å². The molecule has 1 atom stereocenters. The van der Waals surface area contributed by atoms with Crippen LogP contribution in [0.15, 0.2) is 29.0 Å². The van der Waals surface area contributed by atoms with Crippen molar-refractivity contribution in [1.82, 2.24) is 15.5 Å². The lowest BCUT2D eigenvalue weighted by molar-refractivity contribution is 0.476. The van der Waals surface area contributed by atoms with E-state index in [1.807, 2.05) is 19.1 Å². The Balaban J connectivity index is 1.74. The molecule has 3 aromatic rings. The standard InChI is InChI=1S/C18H20N4OS/c1-11-4-5-13(16(23)7-11)17-14-9-24-10-15(14)18(22-21-17)20-12-3-2-6-19-8-12/h4-5,7,9-10,12,19,23H,2-3,6,8H2,1H3,(H,20,22)/t12-/m1/s1. The number of aromatic nitrogens is 2. The van der Waals surface area contributed by atoms with Gasteiger partial charge >= 0.3 is 0 Å². The lowest BCUT2D eigenvalue weighted by Gasteiger charge is -2.24. The topological polar surface area (TPSA) is 70.1 Å². The zero-order valence-electron chi connectivity index (χ0n) is 13.5. The number of thiophene rings is 1. The van der Waals surface area contributed by atoms with Crippen molar-refractivity contribution in [3.8, 4) is 17.0 Å². The summed E-state index contributed by atoms with van der Waals surface area (Å²) in [5.41, 5.74) is 2.48. The van der Waals surface area contributed by atoms with Gasteiger partial charge in [-0.25, -0.2) is 0 Å². The molecule has 124 valence electrons. The minimum Gasteiger partial charge on any atom is -0.507 e. The summed E-state index contributed by atoms with van der Waals surface area (Å²) in [7, 11) is 0. The molecule has 2 aromatic heterocycles. The first-order valence-electron chi connectivity index (χ1n) is 8.22. The molecular weight excluding hydrogens is 320 g/mol. The number of anilines is 1. The van der Waals surface area contributed by atoms with Crippen LogP contribution in [0.4, 0.5) is 5.82 Å². The molecule has 1 aliphatic heterocycles. The van der Waals surface area contributed by atoms with Crippen LogP contribution >= 0.6 is 11.3 Å². The molecular formula is C18H20N4OS. The number of benzene rings is 1. The summed E-state index contributed by atoms with van der Waals surface area (Å²) in [4.78, 5) is 0. The number of phenolic OH excluding ortho intramolecular Hbond substituents is 1. The molecule has 1 saturated heterocycles. The molecule has 4 rings (SSSR count). The highest BCUT2D eigenvalue weighted by atomic mass is 32.1. The molecule has 0 aliphatic carbocycles. The molecule has 1 aromatic carbocycles. The Morgan fingerprint density at radius 1 is 1.25 bits per heavy atom. The molecule has 24 heavy (non-hydrogen) atoms.